The summed E-state index contributed by atoms with van der Waals surface area (Å²) in [5.74, 6) is -0.197. The van der Waals surface area contributed by atoms with Crippen LogP contribution >= 0.6 is 0 Å². The molecule has 1 aromatic carbocycles. The largest absolute Gasteiger partial charge is 0.271 e. The number of nitrogens with zero attached hydrogens (tertiary/aromatic N) is 2. The summed E-state index contributed by atoms with van der Waals surface area (Å²) in [6, 6.07) is 6.09. The van der Waals surface area contributed by atoms with E-state index in [9.17, 15) is 14.9 Å². The van der Waals surface area contributed by atoms with Gasteiger partial charge in [-0.2, -0.15) is 5.10 Å². The Morgan fingerprint density at radius 2 is 2.14 bits per heavy atom. The van der Waals surface area contributed by atoms with Crippen LogP contribution in [-0.4, -0.2) is 29.1 Å². The van der Waals surface area contributed by atoms with E-state index in [4.69, 9.17) is 0 Å². The molecule has 0 aliphatic carbocycles. The first-order valence-corrected chi connectivity index (χ1v) is 6.81. The Morgan fingerprint density at radius 3 is 2.73 bits per heavy atom. The highest BCUT2D eigenvalue weighted by Gasteiger charge is 2.26. The van der Waals surface area contributed by atoms with E-state index in [0.29, 0.717) is 6.42 Å². The average molecular weight is 303 g/mol. The van der Waals surface area contributed by atoms with Gasteiger partial charge in [0, 0.05) is 24.4 Å². The third-order valence-corrected chi connectivity index (χ3v) is 3.14. The lowest BCUT2D eigenvalue weighted by atomic mass is 10.1. The lowest BCUT2D eigenvalue weighted by Crippen LogP contribution is -2.41. The van der Waals surface area contributed by atoms with Crippen molar-refractivity contribution >= 4 is 23.9 Å². The highest BCUT2D eigenvalue weighted by atomic mass is 16.6. The molecule has 0 aromatic heterocycles. The molecule has 0 saturated carbocycles. The van der Waals surface area contributed by atoms with Crippen LogP contribution in [0.4, 0.5) is 5.69 Å². The summed E-state index contributed by atoms with van der Waals surface area (Å²) in [7, 11) is 0. The van der Waals surface area contributed by atoms with Crippen molar-refractivity contribution in [2.45, 2.75) is 25.4 Å². The van der Waals surface area contributed by atoms with E-state index in [1.54, 1.807) is 24.3 Å². The molecular formula is C14H17N5O3. The number of non-ortho nitro benzene ring substituents is 1. The number of carbonyl (C=O) groups excluding carboxylic acids is 1. The molecule has 8 heteroatoms. The van der Waals surface area contributed by atoms with Crippen LogP contribution in [0.1, 0.15) is 18.9 Å². The number of hydrogen-bond acceptors (Lipinski definition) is 6. The van der Waals surface area contributed by atoms with Gasteiger partial charge in [0.2, 0.25) is 0 Å². The molecular weight excluding hydrogens is 286 g/mol. The summed E-state index contributed by atoms with van der Waals surface area (Å²) < 4.78 is 0. The minimum Gasteiger partial charge on any atom is -0.271 e. The second-order valence-corrected chi connectivity index (χ2v) is 4.94. The van der Waals surface area contributed by atoms with Gasteiger partial charge in [-0.05, 0) is 37.1 Å². The van der Waals surface area contributed by atoms with Crippen LogP contribution in [0.3, 0.4) is 0 Å². The van der Waals surface area contributed by atoms with Crippen LogP contribution in [0, 0.1) is 10.1 Å². The maximum atomic E-state index is 11.7. The van der Waals surface area contributed by atoms with Gasteiger partial charge >= 0.3 is 0 Å². The van der Waals surface area contributed by atoms with E-state index in [1.165, 1.54) is 18.3 Å². The second kappa shape index (κ2) is 7.43. The molecule has 0 spiro atoms. The van der Waals surface area contributed by atoms with E-state index in [-0.39, 0.29) is 23.7 Å². The molecule has 2 atom stereocenters. The molecule has 1 aromatic rings. The highest BCUT2D eigenvalue weighted by molar-refractivity contribution is 5.84. The summed E-state index contributed by atoms with van der Waals surface area (Å²) in [4.78, 5) is 21.8. The zero-order chi connectivity index (χ0) is 15.9. The smallest absolute Gasteiger partial charge is 0.269 e. The number of hydrazine groups is 1. The SMILES string of the molecule is CC1CC(C(=O)N/N=C/C=C/c2ccc([N+](=O)[O-])cc2)NN1. The molecule has 1 aliphatic rings. The molecule has 2 rings (SSSR count). The zero-order valence-corrected chi connectivity index (χ0v) is 12.0. The summed E-state index contributed by atoms with van der Waals surface area (Å²) in [5, 5.41) is 14.3. The monoisotopic (exact) mass is 303 g/mol. The zero-order valence-electron chi connectivity index (χ0n) is 12.0. The van der Waals surface area contributed by atoms with Crippen molar-refractivity contribution in [2.24, 2.45) is 5.10 Å². The number of nitro benzene ring substituents is 1. The van der Waals surface area contributed by atoms with Crippen molar-refractivity contribution < 1.29 is 9.72 Å². The summed E-state index contributed by atoms with van der Waals surface area (Å²) >= 11 is 0. The lowest BCUT2D eigenvalue weighted by Gasteiger charge is -2.05. The second-order valence-electron chi connectivity index (χ2n) is 4.94. The van der Waals surface area contributed by atoms with E-state index in [0.717, 1.165) is 5.56 Å². The number of rotatable bonds is 5. The summed E-state index contributed by atoms with van der Waals surface area (Å²) in [5.41, 5.74) is 9.13. The van der Waals surface area contributed by atoms with Crippen LogP contribution in [0.5, 0.6) is 0 Å². The fourth-order valence-electron chi connectivity index (χ4n) is 1.97. The normalized spacial score (nSPS) is 21.5. The molecule has 0 radical (unpaired) electrons. The van der Waals surface area contributed by atoms with Gasteiger partial charge in [-0.25, -0.2) is 10.9 Å². The molecule has 2 unspecified atom stereocenters. The Labute approximate surface area is 127 Å². The van der Waals surface area contributed by atoms with Crippen molar-refractivity contribution in [3.8, 4) is 0 Å². The van der Waals surface area contributed by atoms with Crippen molar-refractivity contribution in [3.63, 3.8) is 0 Å². The van der Waals surface area contributed by atoms with Crippen molar-refractivity contribution in [2.75, 3.05) is 0 Å². The Bertz CT molecular complexity index is 597. The summed E-state index contributed by atoms with van der Waals surface area (Å²) in [6.45, 7) is 1.98. The number of nitrogens with one attached hydrogen (secondary N) is 3. The van der Waals surface area contributed by atoms with Crippen molar-refractivity contribution in [1.82, 2.24) is 16.3 Å². The van der Waals surface area contributed by atoms with Crippen molar-refractivity contribution in [3.05, 3.63) is 46.0 Å². The molecule has 1 heterocycles. The van der Waals surface area contributed by atoms with Crippen LogP contribution < -0.4 is 16.3 Å². The quantitative estimate of drug-likeness (QED) is 0.426. The average Bonchev–Trinajstić information content (AvgIpc) is 2.94. The van der Waals surface area contributed by atoms with Crippen LogP contribution in [0.2, 0.25) is 0 Å². The van der Waals surface area contributed by atoms with Gasteiger partial charge in [0.15, 0.2) is 0 Å². The fraction of sp³-hybridized carbons (Fsp3) is 0.286. The van der Waals surface area contributed by atoms with Gasteiger partial charge in [0.05, 0.1) is 4.92 Å². The Morgan fingerprint density at radius 1 is 1.41 bits per heavy atom. The van der Waals surface area contributed by atoms with Crippen LogP contribution in [0.15, 0.2) is 35.4 Å². The third kappa shape index (κ3) is 4.47. The number of benzene rings is 1. The van der Waals surface area contributed by atoms with Gasteiger partial charge in [0.25, 0.3) is 11.6 Å². The number of amides is 1. The Hall–Kier alpha value is -2.58. The predicted molar refractivity (Wildman–Crippen MR) is 82.9 cm³/mol. The number of carbonyl (C=O) groups is 1. The highest BCUT2D eigenvalue weighted by Crippen LogP contribution is 2.12. The van der Waals surface area contributed by atoms with Crippen LogP contribution in [0.25, 0.3) is 6.08 Å². The fourth-order valence-corrected chi connectivity index (χ4v) is 1.97. The molecule has 1 saturated heterocycles. The predicted octanol–water partition coefficient (Wildman–Crippen LogP) is 0.965. The van der Waals surface area contributed by atoms with E-state index in [1.807, 2.05) is 6.92 Å². The standard InChI is InChI=1S/C14H17N5O3/c1-10-9-13(17-16-10)14(20)18-15-8-2-3-11-4-6-12(7-5-11)19(21)22/h2-8,10,13,16-17H,9H2,1H3,(H,18,20)/b3-2+,15-8+. The first kappa shape index (κ1) is 15.8. The Kier molecular flexibility index (Phi) is 5.34. The molecule has 1 amide bonds. The van der Waals surface area contributed by atoms with E-state index >= 15 is 0 Å². The number of hydrazone groups is 1. The molecule has 1 fully saturated rings. The van der Waals surface area contributed by atoms with Crippen molar-refractivity contribution in [1.29, 1.82) is 0 Å². The van der Waals surface area contributed by atoms with Crippen LogP contribution in [-0.2, 0) is 4.79 Å². The minimum absolute atomic E-state index is 0.0463. The van der Waals surface area contributed by atoms with Gasteiger partial charge in [-0.3, -0.25) is 20.3 Å². The van der Waals surface area contributed by atoms with Gasteiger partial charge in [-0.1, -0.05) is 6.08 Å². The molecule has 8 nitrogen and oxygen atoms in total. The molecule has 0 bridgehead atoms. The first-order valence-electron chi connectivity index (χ1n) is 6.81. The van der Waals surface area contributed by atoms with Gasteiger partial charge in [0.1, 0.15) is 6.04 Å². The van der Waals surface area contributed by atoms with E-state index < -0.39 is 4.92 Å². The molecule has 1 aliphatic heterocycles. The minimum atomic E-state index is -0.447. The molecule has 3 N–H and O–H groups in total. The number of hydrogen-bond donors (Lipinski definition) is 3. The maximum Gasteiger partial charge on any atom is 0.269 e. The third-order valence-electron chi connectivity index (χ3n) is 3.14. The number of allylic oxidation sites excluding steroid dienone is 1. The lowest BCUT2D eigenvalue weighted by molar-refractivity contribution is -0.384. The first-order chi connectivity index (χ1) is 10.6. The number of nitro groups is 1. The van der Waals surface area contributed by atoms with Gasteiger partial charge in [-0.15, -0.1) is 0 Å². The van der Waals surface area contributed by atoms with Gasteiger partial charge < -0.3 is 0 Å². The topological polar surface area (TPSA) is 109 Å². The molecule has 22 heavy (non-hydrogen) atoms. The molecule has 116 valence electrons. The Balaban J connectivity index is 1.79. The summed E-state index contributed by atoms with van der Waals surface area (Å²) in [6.07, 6.45) is 5.53. The van der Waals surface area contributed by atoms with E-state index in [2.05, 4.69) is 21.4 Å². The maximum absolute atomic E-state index is 11.7.